The second-order valence-electron chi connectivity index (χ2n) is 9.16. The molecule has 7 nitrogen and oxygen atoms in total. The Kier molecular flexibility index (Phi) is 4.32. The Bertz CT molecular complexity index is 1040. The van der Waals surface area contributed by atoms with Crippen molar-refractivity contribution in [3.05, 3.63) is 59.7 Å². The maximum Gasteiger partial charge on any atom is 0.407 e. The molecule has 160 valence electrons. The maximum atomic E-state index is 12.6. The van der Waals surface area contributed by atoms with Gasteiger partial charge in [-0.25, -0.2) is 9.59 Å². The average molecular weight is 420 g/mol. The van der Waals surface area contributed by atoms with Crippen molar-refractivity contribution < 1.29 is 24.2 Å². The first-order valence-electron chi connectivity index (χ1n) is 10.5. The van der Waals surface area contributed by atoms with E-state index in [0.717, 1.165) is 22.3 Å². The molecule has 2 bridgehead atoms. The van der Waals surface area contributed by atoms with Crippen molar-refractivity contribution in [1.29, 1.82) is 0 Å². The molecular formula is C24H24N2O5. The minimum atomic E-state index is -1.12. The molecule has 0 unspecified atom stereocenters. The highest BCUT2D eigenvalue weighted by molar-refractivity contribution is 5.91. The van der Waals surface area contributed by atoms with Crippen molar-refractivity contribution in [3.8, 4) is 11.1 Å². The molecular weight excluding hydrogens is 396 g/mol. The molecule has 2 N–H and O–H groups in total. The van der Waals surface area contributed by atoms with E-state index in [1.807, 2.05) is 43.3 Å². The second kappa shape index (κ2) is 6.83. The lowest BCUT2D eigenvalue weighted by molar-refractivity contribution is -0.159. The van der Waals surface area contributed by atoms with E-state index in [2.05, 4.69) is 17.4 Å². The molecule has 2 aliphatic carbocycles. The topological polar surface area (TPSA) is 95.9 Å². The van der Waals surface area contributed by atoms with Gasteiger partial charge in [-0.3, -0.25) is 4.79 Å². The molecule has 2 amide bonds. The van der Waals surface area contributed by atoms with E-state index in [9.17, 15) is 19.5 Å². The first kappa shape index (κ1) is 19.6. The lowest BCUT2D eigenvalue weighted by Gasteiger charge is -2.42. The van der Waals surface area contributed by atoms with Crippen LogP contribution in [0.3, 0.4) is 0 Å². The molecule has 4 aliphatic rings. The number of aliphatic carboxylic acids is 1. The summed E-state index contributed by atoms with van der Waals surface area (Å²) in [5.41, 5.74) is 3.25. The summed E-state index contributed by atoms with van der Waals surface area (Å²) in [7, 11) is 0. The summed E-state index contributed by atoms with van der Waals surface area (Å²) in [6, 6.07) is 16.1. The molecule has 31 heavy (non-hydrogen) atoms. The van der Waals surface area contributed by atoms with Crippen LogP contribution >= 0.6 is 0 Å². The van der Waals surface area contributed by atoms with Gasteiger partial charge in [0.2, 0.25) is 5.91 Å². The lowest BCUT2D eigenvalue weighted by Crippen LogP contribution is -2.57. The fourth-order valence-electron chi connectivity index (χ4n) is 5.68. The van der Waals surface area contributed by atoms with Crippen molar-refractivity contribution in [3.63, 3.8) is 0 Å². The van der Waals surface area contributed by atoms with Crippen LogP contribution in [0.15, 0.2) is 48.5 Å². The van der Waals surface area contributed by atoms with Gasteiger partial charge in [-0.15, -0.1) is 0 Å². The van der Waals surface area contributed by atoms with Crippen molar-refractivity contribution in [2.24, 2.45) is 5.41 Å². The van der Waals surface area contributed by atoms with Crippen LogP contribution in [0.5, 0.6) is 0 Å². The van der Waals surface area contributed by atoms with Gasteiger partial charge in [0.1, 0.15) is 18.7 Å². The van der Waals surface area contributed by atoms with Crippen molar-refractivity contribution in [2.75, 3.05) is 19.7 Å². The molecule has 2 saturated heterocycles. The summed E-state index contributed by atoms with van der Waals surface area (Å²) in [6.45, 7) is 2.28. The van der Waals surface area contributed by atoms with E-state index in [-0.39, 0.29) is 24.5 Å². The number of fused-ring (bicyclic) bond motifs is 4. The highest BCUT2D eigenvalue weighted by Gasteiger charge is 2.68. The minimum absolute atomic E-state index is 0.0603. The zero-order valence-electron chi connectivity index (χ0n) is 17.3. The minimum Gasteiger partial charge on any atom is -0.479 e. The highest BCUT2D eigenvalue weighted by atomic mass is 16.5. The van der Waals surface area contributed by atoms with Crippen molar-refractivity contribution in [1.82, 2.24) is 10.2 Å². The number of carbonyl (C=O) groups is 3. The van der Waals surface area contributed by atoms with Crippen LogP contribution in [0.1, 0.15) is 36.8 Å². The maximum absolute atomic E-state index is 12.6. The third-order valence-corrected chi connectivity index (χ3v) is 6.92. The Morgan fingerprint density at radius 1 is 1.06 bits per heavy atom. The van der Waals surface area contributed by atoms with Gasteiger partial charge in [0, 0.05) is 12.5 Å². The molecule has 3 fully saturated rings. The third kappa shape index (κ3) is 2.99. The molecule has 2 aromatic carbocycles. The van der Waals surface area contributed by atoms with Crippen LogP contribution in [-0.2, 0) is 14.3 Å². The van der Waals surface area contributed by atoms with E-state index in [4.69, 9.17) is 4.74 Å². The Morgan fingerprint density at radius 3 is 2.23 bits per heavy atom. The quantitative estimate of drug-likeness (QED) is 0.775. The summed E-state index contributed by atoms with van der Waals surface area (Å²) < 4.78 is 5.45. The predicted molar refractivity (Wildman–Crippen MR) is 112 cm³/mol. The standard InChI is InChI=1S/C24H24N2O5/c1-23-12-24(13-23,21(28)29)26(14-23)20(27)10-25-22(30)31-11-19-17-8-4-2-6-15(17)16-7-3-5-9-18(16)19/h2-9,19H,10-14H2,1H3,(H,25,30)(H,28,29). The van der Waals surface area contributed by atoms with Crippen molar-refractivity contribution >= 4 is 18.0 Å². The first-order valence-corrected chi connectivity index (χ1v) is 10.5. The van der Waals surface area contributed by atoms with Gasteiger partial charge >= 0.3 is 12.1 Å². The number of rotatable bonds is 5. The predicted octanol–water partition coefficient (Wildman–Crippen LogP) is 2.99. The van der Waals surface area contributed by atoms with Gasteiger partial charge < -0.3 is 20.1 Å². The molecule has 0 atom stereocenters. The van der Waals surface area contributed by atoms with Crippen LogP contribution in [0.4, 0.5) is 4.79 Å². The molecule has 0 aromatic heterocycles. The Hall–Kier alpha value is -3.35. The van der Waals surface area contributed by atoms with Crippen LogP contribution in [0.25, 0.3) is 11.1 Å². The number of amides is 2. The van der Waals surface area contributed by atoms with Crippen molar-refractivity contribution in [2.45, 2.75) is 31.2 Å². The zero-order valence-corrected chi connectivity index (χ0v) is 17.3. The van der Waals surface area contributed by atoms with Crippen LogP contribution in [0.2, 0.25) is 0 Å². The van der Waals surface area contributed by atoms with Gasteiger partial charge in [0.25, 0.3) is 0 Å². The normalized spacial score (nSPS) is 25.4. The third-order valence-electron chi connectivity index (χ3n) is 6.92. The van der Waals surface area contributed by atoms with Crippen LogP contribution < -0.4 is 5.32 Å². The van der Waals surface area contributed by atoms with E-state index < -0.39 is 23.5 Å². The second-order valence-corrected chi connectivity index (χ2v) is 9.16. The monoisotopic (exact) mass is 420 g/mol. The van der Waals surface area contributed by atoms with Gasteiger partial charge in [0.05, 0.1) is 0 Å². The Morgan fingerprint density at radius 2 is 1.65 bits per heavy atom. The number of ether oxygens (including phenoxy) is 1. The number of nitrogens with zero attached hydrogens (tertiary/aromatic N) is 1. The zero-order chi connectivity index (χ0) is 21.8. The molecule has 2 aromatic rings. The van der Waals surface area contributed by atoms with E-state index >= 15 is 0 Å². The van der Waals surface area contributed by atoms with E-state index in [0.29, 0.717) is 19.4 Å². The molecule has 7 heteroatoms. The summed E-state index contributed by atoms with van der Waals surface area (Å²) >= 11 is 0. The Labute approximate surface area is 180 Å². The fourth-order valence-corrected chi connectivity index (χ4v) is 5.68. The smallest absolute Gasteiger partial charge is 0.407 e. The van der Waals surface area contributed by atoms with E-state index in [1.165, 1.54) is 4.90 Å². The van der Waals surface area contributed by atoms with Gasteiger partial charge in [0.15, 0.2) is 0 Å². The number of alkyl carbamates (subject to hydrolysis) is 1. The number of carbonyl (C=O) groups excluding carboxylic acids is 2. The number of carboxylic acid groups (broad SMARTS) is 1. The molecule has 2 heterocycles. The molecule has 0 spiro atoms. The van der Waals surface area contributed by atoms with Gasteiger partial charge in [-0.1, -0.05) is 55.5 Å². The SMILES string of the molecule is CC12CN(C(=O)CNC(=O)OCC3c4ccccc4-c4ccccc43)C(C(=O)O)(C1)C2. The average Bonchev–Trinajstić information content (AvgIpc) is 3.34. The Balaban J connectivity index is 1.20. The largest absolute Gasteiger partial charge is 0.479 e. The molecule has 1 saturated carbocycles. The fraction of sp³-hybridized carbons (Fsp3) is 0.375. The summed E-state index contributed by atoms with van der Waals surface area (Å²) in [6.07, 6.45) is 0.246. The van der Waals surface area contributed by atoms with E-state index in [1.54, 1.807) is 0 Å². The highest BCUT2D eigenvalue weighted by Crippen LogP contribution is 2.59. The van der Waals surface area contributed by atoms with Crippen LogP contribution in [0, 0.1) is 5.41 Å². The summed E-state index contributed by atoms with van der Waals surface area (Å²) in [5, 5.41) is 12.1. The van der Waals surface area contributed by atoms with Gasteiger partial charge in [-0.2, -0.15) is 0 Å². The molecule has 6 rings (SSSR count). The number of nitrogens with one attached hydrogen (secondary N) is 1. The van der Waals surface area contributed by atoms with Gasteiger partial charge in [-0.05, 0) is 40.5 Å². The first-order chi connectivity index (χ1) is 14.8. The number of carboxylic acids is 1. The number of hydrogen-bond donors (Lipinski definition) is 2. The molecule has 2 aliphatic heterocycles. The van der Waals surface area contributed by atoms with Crippen LogP contribution in [-0.4, -0.2) is 53.2 Å². The number of hydrogen-bond acceptors (Lipinski definition) is 4. The number of benzene rings is 2. The summed E-state index contributed by atoms with van der Waals surface area (Å²) in [4.78, 5) is 38.0. The molecule has 0 radical (unpaired) electrons. The summed E-state index contributed by atoms with van der Waals surface area (Å²) in [5.74, 6) is -1.43. The lowest BCUT2D eigenvalue weighted by atomic mass is 9.63.